The first kappa shape index (κ1) is 16.3. The van der Waals surface area contributed by atoms with Crippen molar-refractivity contribution in [2.75, 3.05) is 13.7 Å². The second-order valence-corrected chi connectivity index (χ2v) is 4.71. The molecule has 0 N–H and O–H groups in total. The molecule has 0 unspecified atom stereocenters. The highest BCUT2D eigenvalue weighted by Crippen LogP contribution is 2.29. The van der Waals surface area contributed by atoms with Crippen molar-refractivity contribution in [2.24, 2.45) is 0 Å². The third-order valence-electron chi connectivity index (χ3n) is 3.20. The van der Waals surface area contributed by atoms with E-state index in [0.29, 0.717) is 29.2 Å². The van der Waals surface area contributed by atoms with Crippen LogP contribution in [0.2, 0.25) is 0 Å². The Hall–Kier alpha value is -3.06. The van der Waals surface area contributed by atoms with Crippen LogP contribution >= 0.6 is 0 Å². The molecule has 2 aromatic rings. The van der Waals surface area contributed by atoms with E-state index >= 15 is 0 Å². The van der Waals surface area contributed by atoms with Gasteiger partial charge in [0.2, 0.25) is 5.78 Å². The Morgan fingerprint density at radius 1 is 1.17 bits per heavy atom. The molecule has 0 saturated heterocycles. The van der Waals surface area contributed by atoms with Crippen LogP contribution in [0, 0.1) is 11.3 Å². The van der Waals surface area contributed by atoms with Gasteiger partial charge in [0.05, 0.1) is 13.7 Å². The highest BCUT2D eigenvalue weighted by atomic mass is 16.5. The maximum absolute atomic E-state index is 12.4. The van der Waals surface area contributed by atoms with Gasteiger partial charge in [0.25, 0.3) is 0 Å². The third kappa shape index (κ3) is 3.98. The molecule has 0 heterocycles. The van der Waals surface area contributed by atoms with E-state index < -0.39 is 0 Å². The van der Waals surface area contributed by atoms with Gasteiger partial charge < -0.3 is 9.47 Å². The number of benzene rings is 2. The normalized spacial score (nSPS) is 10.7. The molecule has 0 radical (unpaired) electrons. The lowest BCUT2D eigenvalue weighted by atomic mass is 10.0. The summed E-state index contributed by atoms with van der Waals surface area (Å²) in [6.45, 7) is 2.42. The van der Waals surface area contributed by atoms with Gasteiger partial charge in [0.15, 0.2) is 11.5 Å². The van der Waals surface area contributed by atoms with Crippen LogP contribution in [0.5, 0.6) is 11.5 Å². The molecule has 23 heavy (non-hydrogen) atoms. The van der Waals surface area contributed by atoms with E-state index in [0.717, 1.165) is 0 Å². The number of ether oxygens (including phenoxy) is 2. The molecule has 0 aliphatic carbocycles. The first-order valence-corrected chi connectivity index (χ1v) is 7.22. The van der Waals surface area contributed by atoms with Crippen LogP contribution in [-0.4, -0.2) is 19.5 Å². The summed E-state index contributed by atoms with van der Waals surface area (Å²) in [5, 5.41) is 9.29. The molecule has 4 heteroatoms. The minimum absolute atomic E-state index is 0.0717. The van der Waals surface area contributed by atoms with E-state index in [4.69, 9.17) is 9.47 Å². The number of rotatable bonds is 6. The molecule has 0 saturated carbocycles. The molecule has 4 nitrogen and oxygen atoms in total. The second kappa shape index (κ2) is 7.81. The van der Waals surface area contributed by atoms with Crippen LogP contribution in [0.25, 0.3) is 6.08 Å². The fourth-order valence-electron chi connectivity index (χ4n) is 2.11. The van der Waals surface area contributed by atoms with E-state index in [1.165, 1.54) is 0 Å². The summed E-state index contributed by atoms with van der Waals surface area (Å²) in [6.07, 6.45) is 1.55. The van der Waals surface area contributed by atoms with Crippen LogP contribution in [0.4, 0.5) is 0 Å². The van der Waals surface area contributed by atoms with Crippen LogP contribution in [-0.2, 0) is 0 Å². The predicted molar refractivity (Wildman–Crippen MR) is 88.5 cm³/mol. The van der Waals surface area contributed by atoms with Gasteiger partial charge in [-0.25, -0.2) is 0 Å². The molecular weight excluding hydrogens is 290 g/mol. The van der Waals surface area contributed by atoms with E-state index in [1.54, 1.807) is 55.7 Å². The van der Waals surface area contributed by atoms with Gasteiger partial charge in [-0.2, -0.15) is 5.26 Å². The average Bonchev–Trinajstić information content (AvgIpc) is 2.61. The molecule has 0 atom stereocenters. The van der Waals surface area contributed by atoms with Gasteiger partial charge in [0.1, 0.15) is 11.6 Å². The molecule has 116 valence electrons. The standard InChI is InChI=1S/C19H17NO3/c1-3-23-17-10-9-14(12-18(17)22-2)11-16(13-20)19(21)15-7-5-4-6-8-15/h4-12H,3H2,1-2H3/b16-11-. The van der Waals surface area contributed by atoms with Crippen molar-refractivity contribution in [2.45, 2.75) is 6.92 Å². The largest absolute Gasteiger partial charge is 0.493 e. The Balaban J connectivity index is 2.35. The Morgan fingerprint density at radius 3 is 2.52 bits per heavy atom. The number of methoxy groups -OCH3 is 1. The van der Waals surface area contributed by atoms with Gasteiger partial charge >= 0.3 is 0 Å². The van der Waals surface area contributed by atoms with E-state index in [2.05, 4.69) is 0 Å². The first-order valence-electron chi connectivity index (χ1n) is 7.22. The van der Waals surface area contributed by atoms with Crippen LogP contribution < -0.4 is 9.47 Å². The predicted octanol–water partition coefficient (Wildman–Crippen LogP) is 3.88. The van der Waals surface area contributed by atoms with Crippen molar-refractivity contribution in [3.63, 3.8) is 0 Å². The topological polar surface area (TPSA) is 59.3 Å². The molecule has 0 aliphatic rings. The average molecular weight is 307 g/mol. The van der Waals surface area contributed by atoms with Gasteiger partial charge in [-0.15, -0.1) is 0 Å². The summed E-state index contributed by atoms with van der Waals surface area (Å²) in [5.41, 5.74) is 1.26. The number of nitrogens with zero attached hydrogens (tertiary/aromatic N) is 1. The zero-order valence-corrected chi connectivity index (χ0v) is 13.1. The van der Waals surface area contributed by atoms with Crippen molar-refractivity contribution in [3.8, 4) is 17.6 Å². The Kier molecular flexibility index (Phi) is 5.54. The first-order chi connectivity index (χ1) is 11.2. The van der Waals surface area contributed by atoms with Crippen LogP contribution in [0.3, 0.4) is 0 Å². The number of nitriles is 1. The molecule has 0 aliphatic heterocycles. The van der Waals surface area contributed by atoms with Gasteiger partial charge in [0, 0.05) is 5.56 Å². The Bertz CT molecular complexity index is 758. The van der Waals surface area contributed by atoms with E-state index in [1.807, 2.05) is 19.1 Å². The Labute approximate surface area is 135 Å². The number of hydrogen-bond acceptors (Lipinski definition) is 4. The highest BCUT2D eigenvalue weighted by Gasteiger charge is 2.12. The molecule has 0 spiro atoms. The summed E-state index contributed by atoms with van der Waals surface area (Å²) < 4.78 is 10.7. The van der Waals surface area contributed by atoms with Crippen molar-refractivity contribution in [3.05, 3.63) is 65.2 Å². The smallest absolute Gasteiger partial charge is 0.203 e. The monoisotopic (exact) mass is 307 g/mol. The van der Waals surface area contributed by atoms with Crippen LogP contribution in [0.15, 0.2) is 54.1 Å². The van der Waals surface area contributed by atoms with Gasteiger partial charge in [-0.05, 0) is 30.7 Å². The molecule has 0 bridgehead atoms. The van der Waals surface area contributed by atoms with Crippen molar-refractivity contribution in [1.29, 1.82) is 5.26 Å². The van der Waals surface area contributed by atoms with Crippen LogP contribution in [0.1, 0.15) is 22.8 Å². The number of ketones is 1. The number of allylic oxidation sites excluding steroid dienone is 1. The molecular formula is C19H17NO3. The zero-order valence-electron chi connectivity index (χ0n) is 13.1. The van der Waals surface area contributed by atoms with Crippen molar-refractivity contribution >= 4 is 11.9 Å². The summed E-state index contributed by atoms with van der Waals surface area (Å²) >= 11 is 0. The number of Topliss-reactive ketones (excluding diaryl/α,β-unsaturated/α-hetero) is 1. The lowest BCUT2D eigenvalue weighted by molar-refractivity contribution is 0.104. The van der Waals surface area contributed by atoms with Gasteiger partial charge in [-0.1, -0.05) is 36.4 Å². The molecule has 0 aromatic heterocycles. The number of carbonyl (C=O) groups excluding carboxylic acids is 1. The second-order valence-electron chi connectivity index (χ2n) is 4.71. The summed E-state index contributed by atoms with van der Waals surface area (Å²) in [6, 6.07) is 16.0. The minimum atomic E-state index is -0.305. The van der Waals surface area contributed by atoms with E-state index in [-0.39, 0.29) is 11.4 Å². The lowest BCUT2D eigenvalue weighted by Crippen LogP contribution is -2.01. The van der Waals surface area contributed by atoms with Gasteiger partial charge in [-0.3, -0.25) is 4.79 Å². The van der Waals surface area contributed by atoms with Crippen molar-refractivity contribution in [1.82, 2.24) is 0 Å². The minimum Gasteiger partial charge on any atom is -0.493 e. The third-order valence-corrected chi connectivity index (χ3v) is 3.20. The quantitative estimate of drug-likeness (QED) is 0.461. The fraction of sp³-hybridized carbons (Fsp3) is 0.158. The van der Waals surface area contributed by atoms with E-state index in [9.17, 15) is 10.1 Å². The van der Waals surface area contributed by atoms with Crippen molar-refractivity contribution < 1.29 is 14.3 Å². The summed E-state index contributed by atoms with van der Waals surface area (Å²) in [7, 11) is 1.55. The Morgan fingerprint density at radius 2 is 1.91 bits per heavy atom. The molecule has 0 fully saturated rings. The lowest BCUT2D eigenvalue weighted by Gasteiger charge is -2.09. The molecule has 0 amide bonds. The summed E-state index contributed by atoms with van der Waals surface area (Å²) in [5.74, 6) is 0.881. The highest BCUT2D eigenvalue weighted by molar-refractivity contribution is 6.14. The fourth-order valence-corrected chi connectivity index (χ4v) is 2.11. The SMILES string of the molecule is CCOc1ccc(/C=C(/C#N)C(=O)c2ccccc2)cc1OC. The zero-order chi connectivity index (χ0) is 16.7. The molecule has 2 aromatic carbocycles. The molecule has 2 rings (SSSR count). The number of hydrogen-bond donors (Lipinski definition) is 0. The maximum atomic E-state index is 12.4. The summed E-state index contributed by atoms with van der Waals surface area (Å²) in [4.78, 5) is 12.4. The maximum Gasteiger partial charge on any atom is 0.203 e. The number of carbonyl (C=O) groups is 1.